The van der Waals surface area contributed by atoms with Crippen molar-refractivity contribution in [3.8, 4) is 11.4 Å². The molecule has 142 valence electrons. The van der Waals surface area contributed by atoms with Gasteiger partial charge in [0.15, 0.2) is 11.5 Å². The first-order chi connectivity index (χ1) is 13.2. The summed E-state index contributed by atoms with van der Waals surface area (Å²) in [5.74, 6) is 0.558. The summed E-state index contributed by atoms with van der Waals surface area (Å²) in [6.45, 7) is 3.15. The zero-order chi connectivity index (χ0) is 18.6. The Kier molecular flexibility index (Phi) is 5.26. The molecule has 0 aliphatic carbocycles. The molecule has 1 aromatic carbocycles. The summed E-state index contributed by atoms with van der Waals surface area (Å²) in [6, 6.07) is 9.96. The second kappa shape index (κ2) is 7.98. The number of anilines is 1. The Morgan fingerprint density at radius 3 is 2.70 bits per heavy atom. The molecule has 0 bridgehead atoms. The molecule has 2 aromatic heterocycles. The van der Waals surface area contributed by atoms with E-state index in [1.165, 1.54) is 29.8 Å². The average molecular weight is 370 g/mol. The number of aliphatic hydroxyl groups is 1. The minimum absolute atomic E-state index is 0.347. The maximum Gasteiger partial charge on any atom is 0.188 e. The normalized spacial score (nSPS) is 16.5. The van der Waals surface area contributed by atoms with Crippen LogP contribution in [0.15, 0.2) is 36.4 Å². The molecule has 8 heteroatoms. The summed E-state index contributed by atoms with van der Waals surface area (Å²) < 4.78 is 15.6. The van der Waals surface area contributed by atoms with Crippen LogP contribution in [-0.4, -0.2) is 62.1 Å². The SMILES string of the molecule is O[C@H](CNc1ccc2nnc(-c3ccccc3F)n2n1)CN1CCCCC1. The monoisotopic (exact) mass is 370 g/mol. The molecule has 1 atom stereocenters. The van der Waals surface area contributed by atoms with E-state index in [-0.39, 0.29) is 5.82 Å². The van der Waals surface area contributed by atoms with Gasteiger partial charge in [0, 0.05) is 13.1 Å². The Labute approximate surface area is 156 Å². The number of aromatic nitrogens is 4. The molecule has 27 heavy (non-hydrogen) atoms. The summed E-state index contributed by atoms with van der Waals surface area (Å²) in [7, 11) is 0. The van der Waals surface area contributed by atoms with Crippen LogP contribution in [0.1, 0.15) is 19.3 Å². The third kappa shape index (κ3) is 4.06. The van der Waals surface area contributed by atoms with E-state index in [1.807, 2.05) is 0 Å². The predicted octanol–water partition coefficient (Wildman–Crippen LogP) is 2.19. The second-order valence-electron chi connectivity index (χ2n) is 6.89. The highest BCUT2D eigenvalue weighted by Gasteiger charge is 2.16. The number of halogens is 1. The lowest BCUT2D eigenvalue weighted by Crippen LogP contribution is -2.39. The molecule has 7 nitrogen and oxygen atoms in total. The van der Waals surface area contributed by atoms with Crippen LogP contribution in [-0.2, 0) is 0 Å². The summed E-state index contributed by atoms with van der Waals surface area (Å²) >= 11 is 0. The van der Waals surface area contributed by atoms with Crippen LogP contribution in [0, 0.1) is 5.82 Å². The summed E-state index contributed by atoms with van der Waals surface area (Å²) in [4.78, 5) is 2.29. The van der Waals surface area contributed by atoms with Gasteiger partial charge in [-0.3, -0.25) is 0 Å². The van der Waals surface area contributed by atoms with Crippen LogP contribution in [0.3, 0.4) is 0 Å². The van der Waals surface area contributed by atoms with Crippen molar-refractivity contribution in [3.63, 3.8) is 0 Å². The van der Waals surface area contributed by atoms with E-state index in [9.17, 15) is 9.50 Å². The first kappa shape index (κ1) is 17.8. The number of benzene rings is 1. The second-order valence-corrected chi connectivity index (χ2v) is 6.89. The Hall–Kier alpha value is -2.58. The molecule has 3 aromatic rings. The van der Waals surface area contributed by atoms with E-state index in [2.05, 4.69) is 25.5 Å². The highest BCUT2D eigenvalue weighted by Crippen LogP contribution is 2.21. The van der Waals surface area contributed by atoms with Crippen LogP contribution < -0.4 is 5.32 Å². The number of hydrogen-bond donors (Lipinski definition) is 2. The number of nitrogens with zero attached hydrogens (tertiary/aromatic N) is 5. The van der Waals surface area contributed by atoms with E-state index in [4.69, 9.17) is 0 Å². The van der Waals surface area contributed by atoms with Gasteiger partial charge in [-0.1, -0.05) is 18.6 Å². The largest absolute Gasteiger partial charge is 0.390 e. The molecule has 1 fully saturated rings. The zero-order valence-electron chi connectivity index (χ0n) is 15.1. The number of piperidine rings is 1. The summed E-state index contributed by atoms with van der Waals surface area (Å²) in [5, 5.41) is 26.0. The maximum absolute atomic E-state index is 14.1. The topological polar surface area (TPSA) is 78.6 Å². The first-order valence-electron chi connectivity index (χ1n) is 9.32. The van der Waals surface area contributed by atoms with Crippen LogP contribution in [0.5, 0.6) is 0 Å². The number of nitrogens with one attached hydrogen (secondary N) is 1. The smallest absolute Gasteiger partial charge is 0.188 e. The van der Waals surface area contributed by atoms with Gasteiger partial charge in [-0.15, -0.1) is 15.3 Å². The highest BCUT2D eigenvalue weighted by atomic mass is 19.1. The molecule has 0 spiro atoms. The van der Waals surface area contributed by atoms with Gasteiger partial charge in [-0.25, -0.2) is 4.39 Å². The Morgan fingerprint density at radius 2 is 1.89 bits per heavy atom. The predicted molar refractivity (Wildman–Crippen MR) is 101 cm³/mol. The van der Waals surface area contributed by atoms with Gasteiger partial charge in [0.1, 0.15) is 11.6 Å². The molecule has 0 unspecified atom stereocenters. The molecule has 0 amide bonds. The Balaban J connectivity index is 1.46. The van der Waals surface area contributed by atoms with Gasteiger partial charge in [0.2, 0.25) is 0 Å². The first-order valence-corrected chi connectivity index (χ1v) is 9.32. The number of fused-ring (bicyclic) bond motifs is 1. The quantitative estimate of drug-likeness (QED) is 0.693. The lowest BCUT2D eigenvalue weighted by atomic mass is 10.1. The lowest BCUT2D eigenvalue weighted by Gasteiger charge is -2.28. The van der Waals surface area contributed by atoms with Gasteiger partial charge < -0.3 is 15.3 Å². The van der Waals surface area contributed by atoms with Crippen molar-refractivity contribution in [1.29, 1.82) is 0 Å². The van der Waals surface area contributed by atoms with Crippen molar-refractivity contribution in [2.75, 3.05) is 31.5 Å². The lowest BCUT2D eigenvalue weighted by molar-refractivity contribution is 0.109. The maximum atomic E-state index is 14.1. The molecular weight excluding hydrogens is 347 g/mol. The summed E-state index contributed by atoms with van der Waals surface area (Å²) in [5.41, 5.74) is 0.882. The van der Waals surface area contributed by atoms with Crippen molar-refractivity contribution in [2.45, 2.75) is 25.4 Å². The van der Waals surface area contributed by atoms with Crippen molar-refractivity contribution in [2.24, 2.45) is 0 Å². The standard InChI is InChI=1S/C19H23FN6O/c20-16-7-3-2-6-15(16)19-23-22-18-9-8-17(24-26(18)19)21-12-14(27)13-25-10-4-1-5-11-25/h2-3,6-9,14,27H,1,4-5,10-13H2,(H,21,24)/t14-/m1/s1. The Bertz CT molecular complexity index is 908. The van der Waals surface area contributed by atoms with E-state index in [0.717, 1.165) is 13.1 Å². The van der Waals surface area contributed by atoms with Gasteiger partial charge in [0.05, 0.1) is 11.7 Å². The number of aliphatic hydroxyl groups excluding tert-OH is 1. The highest BCUT2D eigenvalue weighted by molar-refractivity contribution is 5.60. The fourth-order valence-electron chi connectivity index (χ4n) is 3.42. The van der Waals surface area contributed by atoms with Crippen molar-refractivity contribution in [1.82, 2.24) is 24.7 Å². The minimum Gasteiger partial charge on any atom is -0.390 e. The van der Waals surface area contributed by atoms with Crippen LogP contribution >= 0.6 is 0 Å². The van der Waals surface area contributed by atoms with Gasteiger partial charge in [-0.05, 0) is 50.2 Å². The number of hydrogen-bond acceptors (Lipinski definition) is 6. The molecule has 1 aliphatic heterocycles. The van der Waals surface area contributed by atoms with Crippen LogP contribution in [0.2, 0.25) is 0 Å². The van der Waals surface area contributed by atoms with Gasteiger partial charge >= 0.3 is 0 Å². The minimum atomic E-state index is -0.479. The molecule has 2 N–H and O–H groups in total. The molecule has 0 radical (unpaired) electrons. The third-order valence-electron chi connectivity index (χ3n) is 4.81. The molecular formula is C19H23FN6O. The molecule has 1 saturated heterocycles. The van der Waals surface area contributed by atoms with Crippen LogP contribution in [0.4, 0.5) is 10.2 Å². The molecule has 4 rings (SSSR count). The number of β-amino-alcohol motifs (C(OH)–C–C–N with tert-alkyl or cyclic N) is 1. The molecule has 1 aliphatic rings. The fraction of sp³-hybridized carbons (Fsp3) is 0.421. The fourth-order valence-corrected chi connectivity index (χ4v) is 3.42. The van der Waals surface area contributed by atoms with E-state index >= 15 is 0 Å². The van der Waals surface area contributed by atoms with Crippen molar-refractivity contribution >= 4 is 11.5 Å². The van der Waals surface area contributed by atoms with Gasteiger partial charge in [-0.2, -0.15) is 4.52 Å². The van der Waals surface area contributed by atoms with Gasteiger partial charge in [0.25, 0.3) is 0 Å². The van der Waals surface area contributed by atoms with E-state index < -0.39 is 6.10 Å². The Morgan fingerprint density at radius 1 is 1.07 bits per heavy atom. The summed E-state index contributed by atoms with van der Waals surface area (Å²) in [6.07, 6.45) is 3.20. The van der Waals surface area contributed by atoms with E-state index in [1.54, 1.807) is 30.3 Å². The molecule has 0 saturated carbocycles. The van der Waals surface area contributed by atoms with Crippen molar-refractivity contribution in [3.05, 3.63) is 42.2 Å². The zero-order valence-corrected chi connectivity index (χ0v) is 15.1. The molecule has 3 heterocycles. The van der Waals surface area contributed by atoms with Crippen LogP contribution in [0.25, 0.3) is 17.0 Å². The number of rotatable bonds is 6. The average Bonchev–Trinajstić information content (AvgIpc) is 3.11. The third-order valence-corrected chi connectivity index (χ3v) is 4.81. The van der Waals surface area contributed by atoms with Crippen molar-refractivity contribution < 1.29 is 9.50 Å². The van der Waals surface area contributed by atoms with E-state index in [0.29, 0.717) is 35.9 Å². The number of likely N-dealkylation sites (tertiary alicyclic amines) is 1.